The van der Waals surface area contributed by atoms with Crippen LogP contribution >= 0.6 is 24.4 Å². The van der Waals surface area contributed by atoms with Gasteiger partial charge in [0.15, 0.2) is 0 Å². The maximum atomic E-state index is 12.9. The Morgan fingerprint density at radius 1 is 1.08 bits per heavy atom. The van der Waals surface area contributed by atoms with Gasteiger partial charge in [0.05, 0.1) is 4.91 Å². The molecular formula is C26H21F3N2O5S2. The zero-order valence-electron chi connectivity index (χ0n) is 19.5. The Labute approximate surface area is 225 Å². The molecule has 0 unspecified atom stereocenters. The largest absolute Gasteiger partial charge is 0.480 e. The minimum absolute atomic E-state index is 0.160. The quantitative estimate of drug-likeness (QED) is 0.266. The minimum atomic E-state index is -5.18. The Kier molecular flexibility index (Phi) is 8.22. The van der Waals surface area contributed by atoms with Gasteiger partial charge in [-0.1, -0.05) is 66.4 Å². The maximum Gasteiger partial charge on any atom is 0.471 e. The number of hydrogen-bond acceptors (Lipinski definition) is 6. The SMILES string of the molecule is O=C(O)[C@H](Cc1ccc(-c2ccc(/C=C3\S[C@H](S)N(Cc4ccccc4)C3=O)o2)cc1)NC(=O)C(F)(F)F. The number of nitrogens with one attached hydrogen (secondary N) is 1. The lowest BCUT2D eigenvalue weighted by Gasteiger charge is -2.19. The van der Waals surface area contributed by atoms with Gasteiger partial charge in [-0.25, -0.2) is 4.79 Å². The minimum Gasteiger partial charge on any atom is -0.480 e. The van der Waals surface area contributed by atoms with Crippen LogP contribution in [-0.4, -0.2) is 44.7 Å². The van der Waals surface area contributed by atoms with E-state index in [1.807, 2.05) is 30.3 Å². The highest BCUT2D eigenvalue weighted by atomic mass is 32.2. The number of rotatable bonds is 8. The molecule has 1 aliphatic heterocycles. The zero-order chi connectivity index (χ0) is 27.4. The van der Waals surface area contributed by atoms with E-state index in [1.54, 1.807) is 35.2 Å². The van der Waals surface area contributed by atoms with Gasteiger partial charge in [-0.2, -0.15) is 13.2 Å². The number of carbonyl (C=O) groups is 3. The molecule has 1 saturated heterocycles. The number of benzene rings is 2. The smallest absolute Gasteiger partial charge is 0.471 e. The van der Waals surface area contributed by atoms with Crippen LogP contribution in [0.1, 0.15) is 16.9 Å². The molecule has 2 N–H and O–H groups in total. The second-order valence-corrected chi connectivity index (χ2v) is 10.3. The molecule has 2 amide bonds. The van der Waals surface area contributed by atoms with Crippen molar-refractivity contribution in [3.05, 3.63) is 88.5 Å². The average molecular weight is 563 g/mol. The topological polar surface area (TPSA) is 99.8 Å². The van der Waals surface area contributed by atoms with Gasteiger partial charge < -0.3 is 19.7 Å². The van der Waals surface area contributed by atoms with E-state index in [4.69, 9.17) is 4.42 Å². The first-order valence-corrected chi connectivity index (χ1v) is 12.6. The van der Waals surface area contributed by atoms with Gasteiger partial charge >= 0.3 is 18.1 Å². The second-order valence-electron chi connectivity index (χ2n) is 8.34. The Bertz CT molecular complexity index is 1360. The Balaban J connectivity index is 1.42. The fourth-order valence-corrected chi connectivity index (χ4v) is 5.15. The van der Waals surface area contributed by atoms with Crippen LogP contribution in [0.5, 0.6) is 0 Å². The highest BCUT2D eigenvalue weighted by Gasteiger charge is 2.41. The number of hydrogen-bond donors (Lipinski definition) is 3. The molecule has 2 atom stereocenters. The summed E-state index contributed by atoms with van der Waals surface area (Å²) in [7, 11) is 0. The predicted octanol–water partition coefficient (Wildman–Crippen LogP) is 4.95. The van der Waals surface area contributed by atoms with Gasteiger partial charge in [-0.15, -0.1) is 12.6 Å². The van der Waals surface area contributed by atoms with Crippen LogP contribution < -0.4 is 5.32 Å². The number of nitrogens with zero attached hydrogens (tertiary/aromatic N) is 1. The summed E-state index contributed by atoms with van der Waals surface area (Å²) in [6.45, 7) is 0.427. The third-order valence-corrected chi connectivity index (χ3v) is 7.21. The van der Waals surface area contributed by atoms with Gasteiger partial charge in [0.25, 0.3) is 5.91 Å². The number of furan rings is 1. The first kappa shape index (κ1) is 27.4. The monoisotopic (exact) mass is 562 g/mol. The number of aliphatic carboxylic acids is 1. The molecule has 0 aliphatic carbocycles. The lowest BCUT2D eigenvalue weighted by molar-refractivity contribution is -0.175. The molecule has 4 rings (SSSR count). The third kappa shape index (κ3) is 6.62. The normalized spacial score (nSPS) is 17.6. The van der Waals surface area contributed by atoms with E-state index < -0.39 is 24.1 Å². The van der Waals surface area contributed by atoms with Crippen molar-refractivity contribution in [1.82, 2.24) is 10.2 Å². The van der Waals surface area contributed by atoms with Crippen LogP contribution in [0.15, 0.2) is 76.1 Å². The van der Waals surface area contributed by atoms with Crippen molar-refractivity contribution in [1.29, 1.82) is 0 Å². The van der Waals surface area contributed by atoms with E-state index in [9.17, 15) is 32.7 Å². The van der Waals surface area contributed by atoms with Crippen molar-refractivity contribution in [3.63, 3.8) is 0 Å². The van der Waals surface area contributed by atoms with Crippen molar-refractivity contribution < 1.29 is 37.1 Å². The third-order valence-electron chi connectivity index (χ3n) is 5.61. The van der Waals surface area contributed by atoms with Crippen LogP contribution in [0.2, 0.25) is 0 Å². The summed E-state index contributed by atoms with van der Waals surface area (Å²) in [5.41, 5.74) is 2.03. The molecule has 12 heteroatoms. The van der Waals surface area contributed by atoms with Crippen LogP contribution in [0, 0.1) is 0 Å². The van der Waals surface area contributed by atoms with Crippen molar-refractivity contribution in [3.8, 4) is 11.3 Å². The van der Waals surface area contributed by atoms with Crippen molar-refractivity contribution in [2.24, 2.45) is 0 Å². The number of carboxylic acids is 1. The van der Waals surface area contributed by atoms with E-state index in [-0.39, 0.29) is 17.0 Å². The predicted molar refractivity (Wildman–Crippen MR) is 139 cm³/mol. The molecule has 0 radical (unpaired) electrons. The summed E-state index contributed by atoms with van der Waals surface area (Å²) in [6.07, 6.45) is -3.88. The van der Waals surface area contributed by atoms with Crippen molar-refractivity contribution >= 4 is 48.3 Å². The van der Waals surface area contributed by atoms with E-state index in [0.29, 0.717) is 34.1 Å². The number of thiol groups is 1. The van der Waals surface area contributed by atoms with E-state index in [2.05, 4.69) is 12.6 Å². The molecule has 1 aromatic heterocycles. The molecule has 1 aliphatic rings. The molecule has 198 valence electrons. The fraction of sp³-hybridized carbons (Fsp3) is 0.192. The standard InChI is InChI=1S/C26H21F3N2O5S2/c27-26(28,29)24(35)30-19(23(33)34)12-15-6-8-17(9-7-15)20-11-10-18(36-20)13-21-22(32)31(25(37)38-21)14-16-4-2-1-3-5-16/h1-11,13,19,25,37H,12,14H2,(H,30,35)(H,33,34)/b21-13-/t19-,25-/m0/s1. The molecule has 1 fully saturated rings. The Morgan fingerprint density at radius 2 is 1.76 bits per heavy atom. The molecule has 2 aromatic carbocycles. The number of amides is 2. The molecule has 7 nitrogen and oxygen atoms in total. The fourth-order valence-electron chi connectivity index (χ4n) is 3.69. The lowest BCUT2D eigenvalue weighted by Crippen LogP contribution is -2.47. The van der Waals surface area contributed by atoms with Crippen LogP contribution in [0.3, 0.4) is 0 Å². The Morgan fingerprint density at radius 3 is 2.39 bits per heavy atom. The van der Waals surface area contributed by atoms with Gasteiger partial charge in [0.1, 0.15) is 22.3 Å². The van der Waals surface area contributed by atoms with E-state index in [0.717, 1.165) is 5.56 Å². The van der Waals surface area contributed by atoms with Gasteiger partial charge in [-0.05, 0) is 23.3 Å². The molecular weight excluding hydrogens is 541 g/mol. The molecule has 2 heterocycles. The highest BCUT2D eigenvalue weighted by Crippen LogP contribution is 2.39. The summed E-state index contributed by atoms with van der Waals surface area (Å²) >= 11 is 5.83. The van der Waals surface area contributed by atoms with Crippen LogP contribution in [-0.2, 0) is 27.3 Å². The zero-order valence-corrected chi connectivity index (χ0v) is 21.2. The molecule has 3 aromatic rings. The summed E-state index contributed by atoms with van der Waals surface area (Å²) < 4.78 is 43.0. The van der Waals surface area contributed by atoms with Crippen molar-refractivity contribution in [2.45, 2.75) is 29.9 Å². The Hall–Kier alpha value is -3.64. The van der Waals surface area contributed by atoms with Gasteiger partial charge in [-0.3, -0.25) is 9.59 Å². The maximum absolute atomic E-state index is 12.9. The molecule has 0 saturated carbocycles. The summed E-state index contributed by atoms with van der Waals surface area (Å²) in [4.78, 5) is 37.5. The number of thioether (sulfide) groups is 1. The van der Waals surface area contributed by atoms with Crippen LogP contribution in [0.4, 0.5) is 13.2 Å². The second kappa shape index (κ2) is 11.4. The number of carbonyl (C=O) groups excluding carboxylic acids is 2. The summed E-state index contributed by atoms with van der Waals surface area (Å²) in [5, 5.41) is 10.7. The van der Waals surface area contributed by atoms with Gasteiger partial charge in [0.2, 0.25) is 0 Å². The van der Waals surface area contributed by atoms with E-state index >= 15 is 0 Å². The number of halogens is 3. The molecule has 0 bridgehead atoms. The number of alkyl halides is 3. The first-order chi connectivity index (χ1) is 18.0. The summed E-state index contributed by atoms with van der Waals surface area (Å²) in [5.74, 6) is -3.14. The molecule has 38 heavy (non-hydrogen) atoms. The molecule has 0 spiro atoms. The average Bonchev–Trinajstić information content (AvgIpc) is 3.44. The van der Waals surface area contributed by atoms with Gasteiger partial charge in [0, 0.05) is 24.6 Å². The van der Waals surface area contributed by atoms with Crippen molar-refractivity contribution in [2.75, 3.05) is 0 Å². The van der Waals surface area contributed by atoms with E-state index in [1.165, 1.54) is 29.2 Å². The first-order valence-electron chi connectivity index (χ1n) is 11.2. The van der Waals surface area contributed by atoms with Crippen LogP contribution in [0.25, 0.3) is 17.4 Å². The number of carboxylic acid groups (broad SMARTS) is 1. The highest BCUT2D eigenvalue weighted by molar-refractivity contribution is 8.14. The lowest BCUT2D eigenvalue weighted by atomic mass is 10.0. The summed E-state index contributed by atoms with van der Waals surface area (Å²) in [6, 6.07) is 17.6.